The van der Waals surface area contributed by atoms with E-state index in [-0.39, 0.29) is 6.42 Å². The van der Waals surface area contributed by atoms with E-state index in [9.17, 15) is 14.7 Å². The molecule has 0 saturated carbocycles. The minimum absolute atomic E-state index is 0.111. The fourth-order valence-electron chi connectivity index (χ4n) is 3.55. The van der Waals surface area contributed by atoms with Gasteiger partial charge in [0.25, 0.3) is 0 Å². The van der Waals surface area contributed by atoms with Crippen molar-refractivity contribution in [2.24, 2.45) is 5.92 Å². The van der Waals surface area contributed by atoms with E-state index in [4.69, 9.17) is 9.47 Å². The molecule has 0 radical (unpaired) electrons. The van der Waals surface area contributed by atoms with Gasteiger partial charge >= 0.3 is 11.9 Å². The van der Waals surface area contributed by atoms with Gasteiger partial charge in [-0.1, -0.05) is 36.4 Å². The summed E-state index contributed by atoms with van der Waals surface area (Å²) < 4.78 is 9.74. The molecule has 2 aromatic rings. The number of ether oxygens (including phenoxy) is 2. The SMILES string of the molecule is COC(=O)[C@H]1C[C@@](CO)(C(=O)OC)N[C@H]1c1ccc2ccccc2c1. The molecular weight excluding hydrogens is 322 g/mol. The number of esters is 2. The fourth-order valence-corrected chi connectivity index (χ4v) is 3.55. The Hall–Kier alpha value is -2.44. The van der Waals surface area contributed by atoms with Crippen molar-refractivity contribution in [3.05, 3.63) is 48.0 Å². The lowest BCUT2D eigenvalue weighted by Gasteiger charge is -2.25. The summed E-state index contributed by atoms with van der Waals surface area (Å²) in [5.41, 5.74) is -0.461. The van der Waals surface area contributed by atoms with Crippen LogP contribution in [0.2, 0.25) is 0 Å². The molecule has 1 aliphatic heterocycles. The average molecular weight is 343 g/mol. The molecule has 1 fully saturated rings. The molecule has 0 unspecified atom stereocenters. The highest BCUT2D eigenvalue weighted by atomic mass is 16.5. The first-order valence-electron chi connectivity index (χ1n) is 8.08. The van der Waals surface area contributed by atoms with Crippen LogP contribution in [0.1, 0.15) is 18.0 Å². The number of aliphatic hydroxyl groups is 1. The molecule has 6 heteroatoms. The van der Waals surface area contributed by atoms with Gasteiger partial charge in [-0.3, -0.25) is 10.1 Å². The third-order valence-electron chi connectivity index (χ3n) is 4.89. The molecule has 6 nitrogen and oxygen atoms in total. The van der Waals surface area contributed by atoms with Crippen molar-refractivity contribution in [1.82, 2.24) is 5.32 Å². The lowest BCUT2D eigenvalue weighted by atomic mass is 9.89. The molecule has 2 N–H and O–H groups in total. The van der Waals surface area contributed by atoms with Gasteiger partial charge in [0.15, 0.2) is 0 Å². The Morgan fingerprint density at radius 2 is 1.88 bits per heavy atom. The largest absolute Gasteiger partial charge is 0.469 e. The zero-order valence-electron chi connectivity index (χ0n) is 14.2. The molecule has 0 amide bonds. The number of hydrogen-bond donors (Lipinski definition) is 2. The molecule has 3 rings (SSSR count). The molecule has 0 spiro atoms. The van der Waals surface area contributed by atoms with Gasteiger partial charge in [-0.15, -0.1) is 0 Å². The zero-order chi connectivity index (χ0) is 18.0. The lowest BCUT2D eigenvalue weighted by Crippen LogP contribution is -2.52. The van der Waals surface area contributed by atoms with Crippen LogP contribution in [0.4, 0.5) is 0 Å². The van der Waals surface area contributed by atoms with E-state index in [2.05, 4.69) is 5.32 Å². The number of fused-ring (bicyclic) bond motifs is 1. The van der Waals surface area contributed by atoms with Gasteiger partial charge in [0.2, 0.25) is 0 Å². The Morgan fingerprint density at radius 1 is 1.16 bits per heavy atom. The topological polar surface area (TPSA) is 84.9 Å². The van der Waals surface area contributed by atoms with E-state index in [0.717, 1.165) is 16.3 Å². The number of nitrogens with one attached hydrogen (secondary N) is 1. The van der Waals surface area contributed by atoms with E-state index >= 15 is 0 Å². The number of carbonyl (C=O) groups excluding carboxylic acids is 2. The summed E-state index contributed by atoms with van der Waals surface area (Å²) >= 11 is 0. The lowest BCUT2D eigenvalue weighted by molar-refractivity contribution is -0.150. The number of benzene rings is 2. The van der Waals surface area contributed by atoms with Crippen LogP contribution in [0.25, 0.3) is 10.8 Å². The quantitative estimate of drug-likeness (QED) is 0.820. The van der Waals surface area contributed by atoms with Gasteiger partial charge in [-0.2, -0.15) is 0 Å². The first-order chi connectivity index (χ1) is 12.0. The predicted octanol–water partition coefficient (Wildman–Crippen LogP) is 1.57. The Balaban J connectivity index is 2.03. The van der Waals surface area contributed by atoms with Gasteiger partial charge in [-0.05, 0) is 28.8 Å². The molecule has 2 aromatic carbocycles. The summed E-state index contributed by atoms with van der Waals surface area (Å²) in [4.78, 5) is 24.5. The first-order valence-corrected chi connectivity index (χ1v) is 8.08. The van der Waals surface area contributed by atoms with Crippen LogP contribution in [0.5, 0.6) is 0 Å². The van der Waals surface area contributed by atoms with Gasteiger partial charge in [0.1, 0.15) is 5.54 Å². The molecule has 1 aliphatic rings. The molecule has 3 atom stereocenters. The summed E-state index contributed by atoms with van der Waals surface area (Å²) in [7, 11) is 2.58. The highest BCUT2D eigenvalue weighted by Gasteiger charge is 2.53. The van der Waals surface area contributed by atoms with Crippen molar-refractivity contribution in [3.8, 4) is 0 Å². The molecular formula is C19H21NO5. The molecule has 25 heavy (non-hydrogen) atoms. The van der Waals surface area contributed by atoms with E-state index in [0.29, 0.717) is 0 Å². The summed E-state index contributed by atoms with van der Waals surface area (Å²) in [6.07, 6.45) is 0.111. The van der Waals surface area contributed by atoms with Crippen molar-refractivity contribution in [1.29, 1.82) is 0 Å². The number of rotatable bonds is 4. The second-order valence-electron chi connectivity index (χ2n) is 6.29. The summed E-state index contributed by atoms with van der Waals surface area (Å²) in [5.74, 6) is -1.62. The maximum atomic E-state index is 12.3. The molecule has 0 aliphatic carbocycles. The van der Waals surface area contributed by atoms with Gasteiger partial charge in [0.05, 0.1) is 26.7 Å². The van der Waals surface area contributed by atoms with Crippen LogP contribution in [0.15, 0.2) is 42.5 Å². The number of carbonyl (C=O) groups is 2. The van der Waals surface area contributed by atoms with Crippen molar-refractivity contribution >= 4 is 22.7 Å². The first kappa shape index (κ1) is 17.4. The van der Waals surface area contributed by atoms with Crippen molar-refractivity contribution in [3.63, 3.8) is 0 Å². The molecule has 1 heterocycles. The highest BCUT2D eigenvalue weighted by Crippen LogP contribution is 2.40. The third-order valence-corrected chi connectivity index (χ3v) is 4.89. The van der Waals surface area contributed by atoms with Crippen LogP contribution in [-0.2, 0) is 19.1 Å². The van der Waals surface area contributed by atoms with E-state index in [1.807, 2.05) is 42.5 Å². The van der Waals surface area contributed by atoms with Crippen LogP contribution in [0, 0.1) is 5.92 Å². The van der Waals surface area contributed by atoms with Crippen LogP contribution < -0.4 is 5.32 Å². The molecule has 0 aromatic heterocycles. The van der Waals surface area contributed by atoms with E-state index in [1.54, 1.807) is 0 Å². The average Bonchev–Trinajstić information content (AvgIpc) is 3.07. The molecule has 132 valence electrons. The molecule has 1 saturated heterocycles. The minimum atomic E-state index is -1.32. The third kappa shape index (κ3) is 2.99. The number of methoxy groups -OCH3 is 2. The maximum Gasteiger partial charge on any atom is 0.328 e. The van der Waals surface area contributed by atoms with Crippen molar-refractivity contribution in [2.45, 2.75) is 18.0 Å². The highest BCUT2D eigenvalue weighted by molar-refractivity contribution is 5.86. The van der Waals surface area contributed by atoms with Crippen molar-refractivity contribution < 1.29 is 24.2 Å². The van der Waals surface area contributed by atoms with Crippen LogP contribution >= 0.6 is 0 Å². The fraction of sp³-hybridized carbons (Fsp3) is 0.368. The summed E-state index contributed by atoms with van der Waals surface area (Å²) in [6, 6.07) is 13.3. The normalized spacial score (nSPS) is 25.7. The smallest absolute Gasteiger partial charge is 0.328 e. The zero-order valence-corrected chi connectivity index (χ0v) is 14.2. The van der Waals surface area contributed by atoms with E-state index in [1.165, 1.54) is 14.2 Å². The maximum absolute atomic E-state index is 12.3. The van der Waals surface area contributed by atoms with Crippen LogP contribution in [0.3, 0.4) is 0 Å². The summed E-state index contributed by atoms with van der Waals surface area (Å²) in [5, 5.41) is 15.1. The van der Waals surface area contributed by atoms with Gasteiger partial charge < -0.3 is 14.6 Å². The molecule has 0 bridgehead atoms. The number of aliphatic hydroxyl groups excluding tert-OH is 1. The van der Waals surface area contributed by atoms with Gasteiger partial charge in [0, 0.05) is 6.04 Å². The van der Waals surface area contributed by atoms with E-state index < -0.39 is 36.0 Å². The second kappa shape index (κ2) is 6.82. The van der Waals surface area contributed by atoms with Crippen molar-refractivity contribution in [2.75, 3.05) is 20.8 Å². The summed E-state index contributed by atoms with van der Waals surface area (Å²) in [6.45, 7) is -0.461. The minimum Gasteiger partial charge on any atom is -0.469 e. The Labute approximate surface area is 145 Å². The second-order valence-corrected chi connectivity index (χ2v) is 6.29. The standard InChI is InChI=1S/C19H21NO5/c1-24-17(22)15-10-19(11-21,18(23)25-2)20-16(15)14-8-7-12-5-3-4-6-13(12)9-14/h3-9,15-16,20-21H,10-11H2,1-2H3/t15-,16-,19+/m0/s1. The Kier molecular flexibility index (Phi) is 4.74. The number of hydrogen-bond acceptors (Lipinski definition) is 6. The Bertz CT molecular complexity index is 805. The monoisotopic (exact) mass is 343 g/mol. The predicted molar refractivity (Wildman–Crippen MR) is 91.8 cm³/mol. The van der Waals surface area contributed by atoms with Gasteiger partial charge in [-0.25, -0.2) is 4.79 Å². The van der Waals surface area contributed by atoms with Crippen LogP contribution in [-0.4, -0.2) is 43.4 Å². The Morgan fingerprint density at radius 3 is 2.52 bits per heavy atom.